The average molecular weight is 424 g/mol. The molecular weight excluding hydrogens is 398 g/mol. The van der Waals surface area contributed by atoms with Gasteiger partial charge in [-0.05, 0) is 45.0 Å². The Morgan fingerprint density at radius 2 is 1.58 bits per heavy atom. The molecule has 0 amide bonds. The largest absolute Gasteiger partial charge is 0.491 e. The van der Waals surface area contributed by atoms with Crippen molar-refractivity contribution < 1.29 is 14.2 Å². The van der Waals surface area contributed by atoms with E-state index in [2.05, 4.69) is 4.98 Å². The molecular formula is C24H26N2O5. The number of aromatic nitrogens is 2. The van der Waals surface area contributed by atoms with Crippen molar-refractivity contribution in [2.75, 3.05) is 6.61 Å². The van der Waals surface area contributed by atoms with Gasteiger partial charge in [0.2, 0.25) is 0 Å². The van der Waals surface area contributed by atoms with Crippen molar-refractivity contribution in [2.24, 2.45) is 0 Å². The molecule has 7 nitrogen and oxygen atoms in total. The van der Waals surface area contributed by atoms with Gasteiger partial charge in [-0.25, -0.2) is 4.79 Å². The van der Waals surface area contributed by atoms with E-state index in [0.29, 0.717) is 12.0 Å². The Morgan fingerprint density at radius 1 is 0.968 bits per heavy atom. The molecule has 1 saturated heterocycles. The van der Waals surface area contributed by atoms with Gasteiger partial charge in [0, 0.05) is 18.2 Å². The predicted molar refractivity (Wildman–Crippen MR) is 117 cm³/mol. The number of rotatable bonds is 6. The second-order valence-electron chi connectivity index (χ2n) is 7.94. The summed E-state index contributed by atoms with van der Waals surface area (Å²) in [6.07, 6.45) is 0.688. The van der Waals surface area contributed by atoms with Crippen LogP contribution in [0.5, 0.6) is 11.5 Å². The molecule has 1 aliphatic rings. The minimum Gasteiger partial charge on any atom is -0.491 e. The molecule has 1 aromatic heterocycles. The van der Waals surface area contributed by atoms with Crippen LogP contribution in [0, 0.1) is 20.8 Å². The monoisotopic (exact) mass is 424 g/mol. The van der Waals surface area contributed by atoms with Crippen LogP contribution in [0.2, 0.25) is 0 Å². The van der Waals surface area contributed by atoms with Crippen molar-refractivity contribution in [3.05, 3.63) is 92.3 Å². The fraction of sp³-hybridized carbons (Fsp3) is 0.333. The maximum Gasteiger partial charge on any atom is 0.330 e. The van der Waals surface area contributed by atoms with E-state index in [1.54, 1.807) is 6.92 Å². The maximum absolute atomic E-state index is 12.4. The molecule has 2 aromatic carbocycles. The number of nitrogens with zero attached hydrogens (tertiary/aromatic N) is 1. The first kappa shape index (κ1) is 20.9. The molecule has 0 aliphatic carbocycles. The standard InChI is InChI=1S/C24H26N2O5/c1-15-4-8-18(9-5-15)29-14-21-20(30-19-10-6-16(2)7-11-19)12-22(31-21)26-13-17(3)23(27)25-24(26)28/h4-11,13,20-22H,12,14H2,1-3H3,(H,25,27,28)/t20-,21+,22+/m0/s1/i20+1,21+1. The number of aryl methyl sites for hydroxylation is 3. The first-order valence-electron chi connectivity index (χ1n) is 10.3. The van der Waals surface area contributed by atoms with Gasteiger partial charge in [-0.3, -0.25) is 14.3 Å². The zero-order chi connectivity index (χ0) is 22.0. The van der Waals surface area contributed by atoms with Gasteiger partial charge in [-0.1, -0.05) is 35.4 Å². The van der Waals surface area contributed by atoms with Crippen LogP contribution in [0.4, 0.5) is 0 Å². The Hall–Kier alpha value is -3.32. The lowest BCUT2D eigenvalue weighted by Crippen LogP contribution is -2.33. The van der Waals surface area contributed by atoms with Crippen LogP contribution >= 0.6 is 0 Å². The van der Waals surface area contributed by atoms with E-state index < -0.39 is 23.6 Å². The minimum atomic E-state index is -0.565. The van der Waals surface area contributed by atoms with Crippen molar-refractivity contribution in [3.63, 3.8) is 0 Å². The number of hydrogen-bond acceptors (Lipinski definition) is 5. The van der Waals surface area contributed by atoms with Crippen molar-refractivity contribution >= 4 is 0 Å². The van der Waals surface area contributed by atoms with Crippen LogP contribution in [0.1, 0.15) is 29.3 Å². The van der Waals surface area contributed by atoms with Gasteiger partial charge in [0.15, 0.2) is 0 Å². The first-order valence-corrected chi connectivity index (χ1v) is 10.3. The summed E-state index contributed by atoms with van der Waals surface area (Å²) in [6, 6.07) is 15.6. The Balaban J connectivity index is 1.55. The minimum absolute atomic E-state index is 0.271. The third-order valence-electron chi connectivity index (χ3n) is 5.38. The van der Waals surface area contributed by atoms with Crippen molar-refractivity contribution in [2.45, 2.75) is 45.6 Å². The molecule has 2 heterocycles. The van der Waals surface area contributed by atoms with Crippen molar-refractivity contribution in [3.8, 4) is 11.5 Å². The Bertz CT molecular complexity index is 1150. The summed E-state index contributed by atoms with van der Waals surface area (Å²) in [5.41, 5.74) is 1.83. The summed E-state index contributed by atoms with van der Waals surface area (Å²) in [7, 11) is 0. The van der Waals surface area contributed by atoms with Gasteiger partial charge in [0.1, 0.15) is 36.5 Å². The fourth-order valence-electron chi connectivity index (χ4n) is 3.55. The smallest absolute Gasteiger partial charge is 0.330 e. The summed E-state index contributed by atoms with van der Waals surface area (Å²) >= 11 is 0. The summed E-state index contributed by atoms with van der Waals surface area (Å²) in [5, 5.41) is 0. The maximum atomic E-state index is 12.4. The molecule has 0 spiro atoms. The number of nitrogens with one attached hydrogen (secondary N) is 1. The van der Waals surface area contributed by atoms with E-state index in [-0.39, 0.29) is 12.7 Å². The summed E-state index contributed by atoms with van der Waals surface area (Å²) in [5.74, 6) is 1.47. The second-order valence-corrected chi connectivity index (χ2v) is 7.94. The highest BCUT2D eigenvalue weighted by molar-refractivity contribution is 5.27. The molecule has 3 aromatic rings. The third kappa shape index (κ3) is 4.88. The van der Waals surface area contributed by atoms with Crippen LogP contribution in [-0.2, 0) is 4.74 Å². The zero-order valence-electron chi connectivity index (χ0n) is 17.8. The number of aromatic amines is 1. The second kappa shape index (κ2) is 8.81. The quantitative estimate of drug-likeness (QED) is 0.614. The van der Waals surface area contributed by atoms with Crippen molar-refractivity contribution in [1.82, 2.24) is 9.55 Å². The zero-order valence-corrected chi connectivity index (χ0v) is 17.8. The van der Waals surface area contributed by atoms with Gasteiger partial charge in [0.05, 0.1) is 0 Å². The predicted octanol–water partition coefficient (Wildman–Crippen LogP) is 3.28. The van der Waals surface area contributed by atoms with E-state index in [1.807, 2.05) is 62.4 Å². The SMILES string of the molecule is Cc1ccc(OC[13C@H]2O[C@@H](n3cc(C)c(=O)[nH]c3=O)C[13C@@H]2Oc2ccc(C)cc2)cc1. The van der Waals surface area contributed by atoms with E-state index >= 15 is 0 Å². The Morgan fingerprint density at radius 3 is 2.23 bits per heavy atom. The molecule has 3 atom stereocenters. The van der Waals surface area contributed by atoms with Crippen LogP contribution in [0.3, 0.4) is 0 Å². The molecule has 1 aliphatic heterocycles. The molecule has 7 heteroatoms. The lowest BCUT2D eigenvalue weighted by molar-refractivity contribution is -0.0372. The van der Waals surface area contributed by atoms with E-state index in [4.69, 9.17) is 14.2 Å². The molecule has 4 rings (SSSR count). The number of ether oxygens (including phenoxy) is 3. The topological polar surface area (TPSA) is 82.5 Å². The number of benzene rings is 2. The number of H-pyrrole nitrogens is 1. The van der Waals surface area contributed by atoms with Gasteiger partial charge in [0.25, 0.3) is 5.56 Å². The van der Waals surface area contributed by atoms with Gasteiger partial charge in [-0.15, -0.1) is 0 Å². The molecule has 1 N–H and O–H groups in total. The van der Waals surface area contributed by atoms with Crippen molar-refractivity contribution in [1.29, 1.82) is 0 Å². The molecule has 0 bridgehead atoms. The van der Waals surface area contributed by atoms with E-state index in [1.165, 1.54) is 10.8 Å². The molecule has 0 radical (unpaired) electrons. The van der Waals surface area contributed by atoms with Crippen LogP contribution in [-0.4, -0.2) is 28.4 Å². The highest BCUT2D eigenvalue weighted by Crippen LogP contribution is 2.31. The first-order chi connectivity index (χ1) is 14.9. The van der Waals surface area contributed by atoms with Gasteiger partial charge in [-0.2, -0.15) is 0 Å². The number of hydrogen-bond donors (Lipinski definition) is 1. The Kier molecular flexibility index (Phi) is 5.95. The lowest BCUT2D eigenvalue weighted by Gasteiger charge is -2.20. The summed E-state index contributed by atoms with van der Waals surface area (Å²) in [6.45, 7) is 5.96. The lowest BCUT2D eigenvalue weighted by atomic mass is 10.2. The normalized spacial score (nSPS) is 20.5. The highest BCUT2D eigenvalue weighted by Gasteiger charge is 2.39. The van der Waals surface area contributed by atoms with E-state index in [9.17, 15) is 9.59 Å². The van der Waals surface area contributed by atoms with Gasteiger partial charge >= 0.3 is 5.69 Å². The van der Waals surface area contributed by atoms with Crippen LogP contribution in [0.25, 0.3) is 0 Å². The molecule has 0 saturated carbocycles. The van der Waals surface area contributed by atoms with Gasteiger partial charge < -0.3 is 14.2 Å². The highest BCUT2D eigenvalue weighted by atomic mass is 16.7. The molecule has 1 fully saturated rings. The summed E-state index contributed by atoms with van der Waals surface area (Å²) in [4.78, 5) is 26.4. The van der Waals surface area contributed by atoms with Crippen LogP contribution < -0.4 is 20.7 Å². The summed E-state index contributed by atoms with van der Waals surface area (Å²) < 4.78 is 19.7. The van der Waals surface area contributed by atoms with Crippen LogP contribution in [0.15, 0.2) is 64.3 Å². The third-order valence-corrected chi connectivity index (χ3v) is 5.38. The molecule has 0 unspecified atom stereocenters. The molecule has 162 valence electrons. The Labute approximate surface area is 180 Å². The average Bonchev–Trinajstić information content (AvgIpc) is 3.14. The molecule has 31 heavy (non-hydrogen) atoms. The van der Waals surface area contributed by atoms with E-state index in [0.717, 1.165) is 22.6 Å². The fourth-order valence-corrected chi connectivity index (χ4v) is 3.55.